The maximum atomic E-state index is 12.8. The molecule has 1 N–H and O–H groups in total. The SMILES string of the molecule is CC/C=C/C=C/C=C/C=C/C=C/C=C/C=C/CCCCCC(=O)OCC(COCCC(C(=O)O)[N+](C)(C)C)OC(=O)CCCCCCCCC/C=C/CCCCCCCCCCCCCC. The van der Waals surface area contributed by atoms with Crippen molar-refractivity contribution in [1.82, 2.24) is 0 Å². The van der Waals surface area contributed by atoms with Gasteiger partial charge in [0.2, 0.25) is 0 Å². The lowest BCUT2D eigenvalue weighted by Crippen LogP contribution is -2.50. The molecule has 66 heavy (non-hydrogen) atoms. The first-order chi connectivity index (χ1) is 32.1. The number of ether oxygens (including phenoxy) is 3. The fourth-order valence-corrected chi connectivity index (χ4v) is 7.36. The molecule has 8 nitrogen and oxygen atoms in total. The van der Waals surface area contributed by atoms with Crippen LogP contribution in [0.4, 0.5) is 0 Å². The van der Waals surface area contributed by atoms with Gasteiger partial charge in [0.05, 0.1) is 34.4 Å². The number of hydrogen-bond donors (Lipinski definition) is 1. The lowest BCUT2D eigenvalue weighted by molar-refractivity contribution is -0.887. The number of rotatable bonds is 46. The molecule has 0 saturated carbocycles. The summed E-state index contributed by atoms with van der Waals surface area (Å²) in [5, 5.41) is 9.66. The first kappa shape index (κ1) is 62.2. The molecule has 0 aliphatic rings. The van der Waals surface area contributed by atoms with Crippen molar-refractivity contribution in [2.75, 3.05) is 41.0 Å². The Morgan fingerprint density at radius 1 is 0.470 bits per heavy atom. The smallest absolute Gasteiger partial charge is 0.362 e. The van der Waals surface area contributed by atoms with Gasteiger partial charge >= 0.3 is 17.9 Å². The van der Waals surface area contributed by atoms with Crippen LogP contribution in [0.5, 0.6) is 0 Å². The molecule has 2 unspecified atom stereocenters. The minimum atomic E-state index is -0.885. The van der Waals surface area contributed by atoms with E-state index in [0.29, 0.717) is 19.3 Å². The Labute approximate surface area is 405 Å². The van der Waals surface area contributed by atoms with Crippen LogP contribution in [0.1, 0.15) is 200 Å². The van der Waals surface area contributed by atoms with Gasteiger partial charge in [-0.3, -0.25) is 9.59 Å². The van der Waals surface area contributed by atoms with Crippen molar-refractivity contribution in [1.29, 1.82) is 0 Å². The molecule has 2 atom stereocenters. The van der Waals surface area contributed by atoms with Gasteiger partial charge in [-0.1, -0.05) is 220 Å². The molecule has 0 amide bonds. The molecular formula is C58H98NO7+. The van der Waals surface area contributed by atoms with Crippen LogP contribution in [-0.4, -0.2) is 80.6 Å². The lowest BCUT2D eigenvalue weighted by atomic mass is 10.0. The highest BCUT2D eigenvalue weighted by molar-refractivity contribution is 5.72. The number of aliphatic carboxylic acids is 1. The van der Waals surface area contributed by atoms with E-state index in [1.165, 1.54) is 116 Å². The van der Waals surface area contributed by atoms with E-state index in [1.54, 1.807) is 0 Å². The second-order valence-electron chi connectivity index (χ2n) is 18.6. The number of carbonyl (C=O) groups is 3. The topological polar surface area (TPSA) is 99.1 Å². The summed E-state index contributed by atoms with van der Waals surface area (Å²) < 4.78 is 17.3. The molecule has 0 aliphatic heterocycles. The molecular weight excluding hydrogens is 823 g/mol. The van der Waals surface area contributed by atoms with E-state index in [-0.39, 0.29) is 36.2 Å². The number of likely N-dealkylation sites (N-methyl/N-ethyl adjacent to an activating group) is 1. The predicted molar refractivity (Wildman–Crippen MR) is 279 cm³/mol. The molecule has 376 valence electrons. The van der Waals surface area contributed by atoms with Crippen molar-refractivity contribution in [3.05, 3.63) is 97.2 Å². The van der Waals surface area contributed by atoms with Gasteiger partial charge in [0, 0.05) is 19.3 Å². The van der Waals surface area contributed by atoms with E-state index >= 15 is 0 Å². The molecule has 0 heterocycles. The molecule has 0 aromatic carbocycles. The zero-order valence-corrected chi connectivity index (χ0v) is 42.9. The Balaban J connectivity index is 4.33. The van der Waals surface area contributed by atoms with Crippen LogP contribution >= 0.6 is 0 Å². The molecule has 0 aromatic rings. The van der Waals surface area contributed by atoms with Crippen LogP contribution in [0.3, 0.4) is 0 Å². The summed E-state index contributed by atoms with van der Waals surface area (Å²) in [6.45, 7) is 4.54. The highest BCUT2D eigenvalue weighted by atomic mass is 16.6. The van der Waals surface area contributed by atoms with Crippen molar-refractivity contribution < 1.29 is 38.2 Å². The van der Waals surface area contributed by atoms with Crippen LogP contribution in [0, 0.1) is 0 Å². The third-order valence-electron chi connectivity index (χ3n) is 11.4. The number of nitrogens with zero attached hydrogens (tertiary/aromatic N) is 1. The third-order valence-corrected chi connectivity index (χ3v) is 11.4. The minimum Gasteiger partial charge on any atom is -0.477 e. The maximum Gasteiger partial charge on any atom is 0.362 e. The van der Waals surface area contributed by atoms with Crippen molar-refractivity contribution in [2.45, 2.75) is 212 Å². The molecule has 0 rings (SSSR count). The van der Waals surface area contributed by atoms with E-state index in [0.717, 1.165) is 51.4 Å². The normalized spacial score (nSPS) is 13.7. The number of carboxylic acids is 1. The van der Waals surface area contributed by atoms with E-state index < -0.39 is 18.1 Å². The quantitative estimate of drug-likeness (QED) is 0.0213. The fraction of sp³-hybridized carbons (Fsp3) is 0.672. The van der Waals surface area contributed by atoms with E-state index in [2.05, 4.69) is 38.2 Å². The molecule has 0 bridgehead atoms. The second kappa shape index (κ2) is 47.7. The fourth-order valence-electron chi connectivity index (χ4n) is 7.36. The second-order valence-corrected chi connectivity index (χ2v) is 18.6. The van der Waals surface area contributed by atoms with Crippen LogP contribution in [0.25, 0.3) is 0 Å². The van der Waals surface area contributed by atoms with Gasteiger partial charge < -0.3 is 23.8 Å². The molecule has 0 fully saturated rings. The average molecular weight is 921 g/mol. The summed E-state index contributed by atoms with van der Waals surface area (Å²) in [7, 11) is 5.51. The minimum absolute atomic E-state index is 0.0386. The third kappa shape index (κ3) is 45.4. The average Bonchev–Trinajstić information content (AvgIpc) is 3.28. The molecule has 0 saturated heterocycles. The Bertz CT molecular complexity index is 1400. The zero-order valence-electron chi connectivity index (χ0n) is 42.9. The number of esters is 2. The summed E-state index contributed by atoms with van der Waals surface area (Å²) in [5.74, 6) is -1.54. The Hall–Kier alpha value is -3.75. The van der Waals surface area contributed by atoms with Crippen LogP contribution in [-0.2, 0) is 28.6 Å². The zero-order chi connectivity index (χ0) is 48.4. The van der Waals surface area contributed by atoms with Crippen LogP contribution < -0.4 is 0 Å². The number of carboxylic acid groups (broad SMARTS) is 1. The van der Waals surface area contributed by atoms with Gasteiger partial charge in [-0.05, 0) is 57.8 Å². The summed E-state index contributed by atoms with van der Waals surface area (Å²) in [5.41, 5.74) is 0. The van der Waals surface area contributed by atoms with Gasteiger partial charge in [-0.15, -0.1) is 0 Å². The van der Waals surface area contributed by atoms with Crippen molar-refractivity contribution in [2.24, 2.45) is 0 Å². The number of hydrogen-bond acceptors (Lipinski definition) is 6. The van der Waals surface area contributed by atoms with Gasteiger partial charge in [-0.2, -0.15) is 0 Å². The summed E-state index contributed by atoms with van der Waals surface area (Å²) in [6.07, 6.45) is 64.6. The first-order valence-corrected chi connectivity index (χ1v) is 26.4. The Morgan fingerprint density at radius 2 is 0.864 bits per heavy atom. The summed E-state index contributed by atoms with van der Waals surface area (Å²) in [6, 6.07) is -0.629. The van der Waals surface area contributed by atoms with Crippen molar-refractivity contribution >= 4 is 17.9 Å². The largest absolute Gasteiger partial charge is 0.477 e. The van der Waals surface area contributed by atoms with Gasteiger partial charge in [0.15, 0.2) is 12.1 Å². The van der Waals surface area contributed by atoms with E-state index in [1.807, 2.05) is 94.1 Å². The molecule has 0 aromatic heterocycles. The van der Waals surface area contributed by atoms with Gasteiger partial charge in [0.1, 0.15) is 6.61 Å². The number of quaternary nitrogens is 1. The predicted octanol–water partition coefficient (Wildman–Crippen LogP) is 15.4. The first-order valence-electron chi connectivity index (χ1n) is 26.4. The van der Waals surface area contributed by atoms with E-state index in [4.69, 9.17) is 14.2 Å². The van der Waals surface area contributed by atoms with Crippen LogP contribution in [0.2, 0.25) is 0 Å². The van der Waals surface area contributed by atoms with E-state index in [9.17, 15) is 19.5 Å². The highest BCUT2D eigenvalue weighted by Crippen LogP contribution is 2.15. The van der Waals surface area contributed by atoms with Gasteiger partial charge in [-0.25, -0.2) is 4.79 Å². The molecule has 0 spiro atoms. The van der Waals surface area contributed by atoms with Gasteiger partial charge in [0.25, 0.3) is 0 Å². The number of unbranched alkanes of at least 4 members (excludes halogenated alkanes) is 22. The molecule has 8 heteroatoms. The summed E-state index contributed by atoms with van der Waals surface area (Å²) >= 11 is 0. The Morgan fingerprint density at radius 3 is 1.32 bits per heavy atom. The van der Waals surface area contributed by atoms with Crippen molar-refractivity contribution in [3.8, 4) is 0 Å². The standard InChI is InChI=1S/C58H97NO7/c1-6-8-10-12-14-16-18-20-22-24-26-27-28-29-31-33-35-37-39-41-43-45-47-49-57(61)66-54(52-64-51-50-55(58(62)63)59(3,4)5)53-65-56(60)48-46-44-42-40-38-36-34-32-30-25-23-21-19-17-15-13-11-9-7-2/h9,11,13,15,17,19,21,23,25,29-32,34,36,38,54-55H,6-8,10,12,14,16,18,20,22,24,26-28,33,35,37,39-53H2,1-5H3/p+1/b11-9+,15-13+,19-17+,23-21+,30-25+,31-29+,34-32+,38-36+. The maximum absolute atomic E-state index is 12.8. The lowest BCUT2D eigenvalue weighted by Gasteiger charge is -2.31. The number of allylic oxidation sites excluding steroid dienone is 16. The van der Waals surface area contributed by atoms with Crippen molar-refractivity contribution in [3.63, 3.8) is 0 Å². The van der Waals surface area contributed by atoms with Crippen LogP contribution in [0.15, 0.2) is 97.2 Å². The monoisotopic (exact) mass is 921 g/mol. The molecule has 0 aliphatic carbocycles. The molecule has 0 radical (unpaired) electrons. The highest BCUT2D eigenvalue weighted by Gasteiger charge is 2.31. The number of carbonyl (C=O) groups excluding carboxylic acids is 2. The Kier molecular flexibility index (Phi) is 45.0. The summed E-state index contributed by atoms with van der Waals surface area (Å²) in [4.78, 5) is 37.2.